The van der Waals surface area contributed by atoms with Crippen molar-refractivity contribution in [3.63, 3.8) is 0 Å². The van der Waals surface area contributed by atoms with E-state index in [0.29, 0.717) is 10.7 Å². The SMILES string of the molecule is O=C(CSc1nc2ccccc2[nH]1)c1cccc([N+](=O)[O-])c1. The van der Waals surface area contributed by atoms with Crippen molar-refractivity contribution < 1.29 is 9.72 Å². The number of aromatic amines is 1. The maximum atomic E-state index is 12.1. The van der Waals surface area contributed by atoms with Crippen LogP contribution >= 0.6 is 11.8 Å². The molecule has 1 N–H and O–H groups in total. The second-order valence-corrected chi connectivity index (χ2v) is 5.54. The van der Waals surface area contributed by atoms with E-state index in [2.05, 4.69) is 9.97 Å². The Balaban J connectivity index is 1.71. The van der Waals surface area contributed by atoms with Crippen LogP contribution in [0.25, 0.3) is 11.0 Å². The van der Waals surface area contributed by atoms with Gasteiger partial charge in [0.25, 0.3) is 5.69 Å². The second kappa shape index (κ2) is 5.98. The highest BCUT2D eigenvalue weighted by Gasteiger charge is 2.13. The molecule has 110 valence electrons. The molecule has 0 spiro atoms. The Morgan fingerprint density at radius 1 is 1.23 bits per heavy atom. The molecule has 0 unspecified atom stereocenters. The number of nitrogens with zero attached hydrogens (tertiary/aromatic N) is 2. The minimum Gasteiger partial charge on any atom is -0.333 e. The first kappa shape index (κ1) is 14.3. The Morgan fingerprint density at radius 2 is 2.05 bits per heavy atom. The maximum Gasteiger partial charge on any atom is 0.270 e. The topological polar surface area (TPSA) is 88.9 Å². The Kier molecular flexibility index (Phi) is 3.88. The summed E-state index contributed by atoms with van der Waals surface area (Å²) < 4.78 is 0. The number of aromatic nitrogens is 2. The van der Waals surface area contributed by atoms with Crippen molar-refractivity contribution in [3.8, 4) is 0 Å². The van der Waals surface area contributed by atoms with E-state index in [4.69, 9.17) is 0 Å². The molecule has 7 heteroatoms. The number of benzene rings is 2. The molecule has 0 radical (unpaired) electrons. The number of non-ortho nitro benzene ring substituents is 1. The number of nitro groups is 1. The molecule has 0 aliphatic heterocycles. The number of H-pyrrole nitrogens is 1. The van der Waals surface area contributed by atoms with E-state index in [1.807, 2.05) is 24.3 Å². The van der Waals surface area contributed by atoms with Crippen LogP contribution in [-0.4, -0.2) is 26.4 Å². The third-order valence-electron chi connectivity index (χ3n) is 3.09. The number of nitro benzene ring substituents is 1. The number of hydrogen-bond acceptors (Lipinski definition) is 5. The average molecular weight is 313 g/mol. The van der Waals surface area contributed by atoms with Crippen molar-refractivity contribution in [2.45, 2.75) is 5.16 Å². The lowest BCUT2D eigenvalue weighted by Gasteiger charge is -1.99. The molecule has 0 aliphatic rings. The Labute approximate surface area is 129 Å². The molecule has 1 aromatic heterocycles. The summed E-state index contributed by atoms with van der Waals surface area (Å²) in [5.74, 6) is -0.00443. The first-order valence-corrected chi connectivity index (χ1v) is 7.47. The van der Waals surface area contributed by atoms with Crippen LogP contribution in [0.1, 0.15) is 10.4 Å². The van der Waals surface area contributed by atoms with Crippen molar-refractivity contribution in [1.29, 1.82) is 0 Å². The van der Waals surface area contributed by atoms with Crippen molar-refractivity contribution in [2.24, 2.45) is 0 Å². The van der Waals surface area contributed by atoms with E-state index >= 15 is 0 Å². The second-order valence-electron chi connectivity index (χ2n) is 4.58. The Morgan fingerprint density at radius 3 is 2.82 bits per heavy atom. The van der Waals surface area contributed by atoms with Crippen LogP contribution in [0, 0.1) is 10.1 Å². The van der Waals surface area contributed by atoms with E-state index < -0.39 is 4.92 Å². The smallest absolute Gasteiger partial charge is 0.270 e. The standard InChI is InChI=1S/C15H11N3O3S/c19-14(10-4-3-5-11(8-10)18(20)21)9-22-15-16-12-6-1-2-7-13(12)17-15/h1-8H,9H2,(H,16,17). The molecular weight excluding hydrogens is 302 g/mol. The number of ketones is 1. The van der Waals surface area contributed by atoms with Gasteiger partial charge in [-0.05, 0) is 12.1 Å². The van der Waals surface area contributed by atoms with Crippen molar-refractivity contribution in [3.05, 3.63) is 64.2 Å². The Hall–Kier alpha value is -2.67. The lowest BCUT2D eigenvalue weighted by Crippen LogP contribution is -2.03. The number of rotatable bonds is 5. The monoisotopic (exact) mass is 313 g/mol. The summed E-state index contributed by atoms with van der Waals surface area (Å²) in [5.41, 5.74) is 2.00. The number of hydrogen-bond donors (Lipinski definition) is 1. The van der Waals surface area contributed by atoms with Gasteiger partial charge in [-0.2, -0.15) is 0 Å². The van der Waals surface area contributed by atoms with E-state index in [-0.39, 0.29) is 17.2 Å². The lowest BCUT2D eigenvalue weighted by molar-refractivity contribution is -0.384. The van der Waals surface area contributed by atoms with Gasteiger partial charge in [0.15, 0.2) is 10.9 Å². The predicted octanol–water partition coefficient (Wildman–Crippen LogP) is 3.45. The number of carbonyl (C=O) groups excluding carboxylic acids is 1. The minimum absolute atomic E-state index is 0.0837. The van der Waals surface area contributed by atoms with Gasteiger partial charge in [-0.3, -0.25) is 14.9 Å². The summed E-state index contributed by atoms with van der Waals surface area (Å²) in [7, 11) is 0. The number of fused-ring (bicyclic) bond motifs is 1. The van der Waals surface area contributed by atoms with Gasteiger partial charge in [0.1, 0.15) is 0 Å². The summed E-state index contributed by atoms with van der Waals surface area (Å²) in [6, 6.07) is 13.3. The first-order chi connectivity index (χ1) is 10.6. The molecule has 1 heterocycles. The summed E-state index contributed by atoms with van der Waals surface area (Å²) in [4.78, 5) is 29.8. The molecule has 2 aromatic carbocycles. The van der Waals surface area contributed by atoms with Gasteiger partial charge < -0.3 is 4.98 Å². The first-order valence-electron chi connectivity index (χ1n) is 6.49. The number of carbonyl (C=O) groups is 1. The zero-order valence-electron chi connectivity index (χ0n) is 11.4. The fourth-order valence-electron chi connectivity index (χ4n) is 2.01. The van der Waals surface area contributed by atoms with Gasteiger partial charge in [-0.25, -0.2) is 4.98 Å². The van der Waals surface area contributed by atoms with Crippen molar-refractivity contribution in [1.82, 2.24) is 9.97 Å². The van der Waals surface area contributed by atoms with Crippen LogP contribution in [0.5, 0.6) is 0 Å². The summed E-state index contributed by atoms with van der Waals surface area (Å²) >= 11 is 1.28. The molecule has 3 rings (SSSR count). The molecule has 0 saturated heterocycles. The molecule has 0 saturated carbocycles. The largest absolute Gasteiger partial charge is 0.333 e. The van der Waals surface area contributed by atoms with Gasteiger partial charge in [0.05, 0.1) is 21.7 Å². The van der Waals surface area contributed by atoms with Gasteiger partial charge in [0, 0.05) is 17.7 Å². The lowest BCUT2D eigenvalue weighted by atomic mass is 10.1. The van der Waals surface area contributed by atoms with Crippen molar-refractivity contribution >= 4 is 34.3 Å². The highest BCUT2D eigenvalue weighted by molar-refractivity contribution is 7.99. The number of Topliss-reactive ketones (excluding diaryl/α,β-unsaturated/α-hetero) is 1. The quantitative estimate of drug-likeness (QED) is 0.337. The van der Waals surface area contributed by atoms with E-state index in [1.54, 1.807) is 6.07 Å². The number of para-hydroxylation sites is 2. The molecule has 0 fully saturated rings. The molecule has 22 heavy (non-hydrogen) atoms. The van der Waals surface area contributed by atoms with Crippen LogP contribution in [0.4, 0.5) is 5.69 Å². The van der Waals surface area contributed by atoms with Gasteiger partial charge >= 0.3 is 0 Å². The number of nitrogens with one attached hydrogen (secondary N) is 1. The number of imidazole rings is 1. The van der Waals surface area contributed by atoms with Crippen LogP contribution in [-0.2, 0) is 0 Å². The highest BCUT2D eigenvalue weighted by atomic mass is 32.2. The molecule has 6 nitrogen and oxygen atoms in total. The third kappa shape index (κ3) is 2.99. The van der Waals surface area contributed by atoms with Crippen LogP contribution < -0.4 is 0 Å². The predicted molar refractivity (Wildman–Crippen MR) is 84.2 cm³/mol. The third-order valence-corrected chi connectivity index (χ3v) is 3.96. The van der Waals surface area contributed by atoms with Gasteiger partial charge in [-0.15, -0.1) is 0 Å². The van der Waals surface area contributed by atoms with Crippen LogP contribution in [0.2, 0.25) is 0 Å². The molecule has 0 atom stereocenters. The normalized spacial score (nSPS) is 10.7. The molecular formula is C15H11N3O3S. The summed E-state index contributed by atoms with van der Waals surface area (Å²) in [6.07, 6.45) is 0. The fourth-order valence-corrected chi connectivity index (χ4v) is 2.79. The van der Waals surface area contributed by atoms with Crippen LogP contribution in [0.15, 0.2) is 53.7 Å². The zero-order chi connectivity index (χ0) is 15.5. The molecule has 0 bridgehead atoms. The summed E-state index contributed by atoms with van der Waals surface area (Å²) in [5, 5.41) is 11.4. The van der Waals surface area contributed by atoms with E-state index in [0.717, 1.165) is 11.0 Å². The van der Waals surface area contributed by atoms with E-state index in [9.17, 15) is 14.9 Å². The van der Waals surface area contributed by atoms with Crippen LogP contribution in [0.3, 0.4) is 0 Å². The molecule has 0 amide bonds. The molecule has 3 aromatic rings. The van der Waals surface area contributed by atoms with Crippen molar-refractivity contribution in [2.75, 3.05) is 5.75 Å². The fraction of sp³-hybridized carbons (Fsp3) is 0.0667. The Bertz CT molecular complexity index is 827. The molecule has 0 aliphatic carbocycles. The van der Waals surface area contributed by atoms with E-state index in [1.165, 1.54) is 30.0 Å². The number of thioether (sulfide) groups is 1. The highest BCUT2D eigenvalue weighted by Crippen LogP contribution is 2.21. The zero-order valence-corrected chi connectivity index (χ0v) is 12.2. The average Bonchev–Trinajstić information content (AvgIpc) is 2.95. The van der Waals surface area contributed by atoms with Gasteiger partial charge in [-0.1, -0.05) is 36.0 Å². The minimum atomic E-state index is -0.511. The van der Waals surface area contributed by atoms with Gasteiger partial charge in [0.2, 0.25) is 0 Å². The maximum absolute atomic E-state index is 12.1. The summed E-state index contributed by atoms with van der Waals surface area (Å²) in [6.45, 7) is 0.